The zero-order chi connectivity index (χ0) is 38.2. The number of hydrogen-bond acceptors (Lipinski definition) is 6. The monoisotopic (exact) mass is 737 g/mol. The van der Waals surface area contributed by atoms with Gasteiger partial charge in [0.15, 0.2) is 6.10 Å². The highest BCUT2D eigenvalue weighted by atomic mass is 16.6. The van der Waals surface area contributed by atoms with Gasteiger partial charge < -0.3 is 14.2 Å². The van der Waals surface area contributed by atoms with Gasteiger partial charge in [-0.2, -0.15) is 0 Å². The summed E-state index contributed by atoms with van der Waals surface area (Å²) in [6.45, 7) is 8.94. The Kier molecular flexibility index (Phi) is 39.4. The van der Waals surface area contributed by atoms with Gasteiger partial charge in [0.1, 0.15) is 13.2 Å². The van der Waals surface area contributed by atoms with E-state index >= 15 is 0 Å². The smallest absolute Gasteiger partial charge is 0.306 e. The number of esters is 3. The maximum atomic E-state index is 12.7. The minimum Gasteiger partial charge on any atom is -0.462 e. The van der Waals surface area contributed by atoms with Gasteiger partial charge in [0.25, 0.3) is 0 Å². The molecule has 0 amide bonds. The molecule has 1 atom stereocenters. The van der Waals surface area contributed by atoms with Crippen molar-refractivity contribution in [2.24, 2.45) is 5.92 Å². The van der Waals surface area contributed by atoms with Crippen molar-refractivity contribution in [3.05, 3.63) is 0 Å². The molecule has 6 nitrogen and oxygen atoms in total. The van der Waals surface area contributed by atoms with Crippen LogP contribution < -0.4 is 0 Å². The average Bonchev–Trinajstić information content (AvgIpc) is 3.12. The van der Waals surface area contributed by atoms with Crippen LogP contribution in [0.5, 0.6) is 0 Å². The summed E-state index contributed by atoms with van der Waals surface area (Å²) >= 11 is 0. The third kappa shape index (κ3) is 39.6. The molecule has 0 aromatic rings. The van der Waals surface area contributed by atoms with E-state index in [0.717, 1.165) is 63.7 Å². The highest BCUT2D eigenvalue weighted by Gasteiger charge is 2.19. The molecule has 0 radical (unpaired) electrons. The van der Waals surface area contributed by atoms with Crippen molar-refractivity contribution in [3.8, 4) is 0 Å². The van der Waals surface area contributed by atoms with Crippen LogP contribution in [0.4, 0.5) is 0 Å². The van der Waals surface area contributed by atoms with E-state index in [0.29, 0.717) is 19.3 Å². The lowest BCUT2D eigenvalue weighted by atomic mass is 10.0. The summed E-state index contributed by atoms with van der Waals surface area (Å²) in [4.78, 5) is 37.7. The second-order valence-electron chi connectivity index (χ2n) is 16.2. The second kappa shape index (κ2) is 40.6. The Labute approximate surface area is 323 Å². The van der Waals surface area contributed by atoms with Crippen molar-refractivity contribution in [2.45, 2.75) is 259 Å². The highest BCUT2D eigenvalue weighted by Crippen LogP contribution is 2.16. The molecule has 0 fully saturated rings. The number of unbranched alkanes of at least 4 members (excludes halogenated alkanes) is 28. The fourth-order valence-corrected chi connectivity index (χ4v) is 6.80. The first kappa shape index (κ1) is 50.4. The van der Waals surface area contributed by atoms with Gasteiger partial charge in [0, 0.05) is 19.3 Å². The van der Waals surface area contributed by atoms with Crippen LogP contribution in [0.1, 0.15) is 252 Å². The van der Waals surface area contributed by atoms with Crippen LogP contribution in [0.25, 0.3) is 0 Å². The van der Waals surface area contributed by atoms with Gasteiger partial charge in [0.05, 0.1) is 0 Å². The lowest BCUT2D eigenvalue weighted by molar-refractivity contribution is -0.167. The number of ether oxygens (including phenoxy) is 3. The maximum absolute atomic E-state index is 12.7. The quantitative estimate of drug-likeness (QED) is 0.0353. The van der Waals surface area contributed by atoms with Crippen molar-refractivity contribution >= 4 is 17.9 Å². The standard InChI is InChI=1S/C46H88O6/c1-5-7-9-11-13-15-17-18-20-22-26-30-34-38-45(48)51-41-43(52-46(49)39-35-31-27-23-24-28-32-36-42(3)4)40-50-44(47)37-33-29-25-21-19-16-14-12-10-8-6-2/h42-43H,5-41H2,1-4H3/t43-/m1/s1. The Bertz CT molecular complexity index is 781. The third-order valence-electron chi connectivity index (χ3n) is 10.3. The van der Waals surface area contributed by atoms with Gasteiger partial charge in [-0.05, 0) is 25.2 Å². The van der Waals surface area contributed by atoms with Crippen molar-refractivity contribution in [1.82, 2.24) is 0 Å². The molecule has 6 heteroatoms. The molecule has 0 N–H and O–H groups in total. The Hall–Kier alpha value is -1.59. The molecule has 0 aromatic heterocycles. The van der Waals surface area contributed by atoms with Crippen LogP contribution in [-0.2, 0) is 28.6 Å². The van der Waals surface area contributed by atoms with Gasteiger partial charge >= 0.3 is 17.9 Å². The zero-order valence-electron chi connectivity index (χ0n) is 35.3. The van der Waals surface area contributed by atoms with Gasteiger partial charge in [-0.25, -0.2) is 0 Å². The number of carbonyl (C=O) groups excluding carboxylic acids is 3. The minimum atomic E-state index is -0.759. The predicted molar refractivity (Wildman–Crippen MR) is 220 cm³/mol. The molecule has 0 aromatic carbocycles. The number of hydrogen-bond donors (Lipinski definition) is 0. The highest BCUT2D eigenvalue weighted by molar-refractivity contribution is 5.71. The lowest BCUT2D eigenvalue weighted by Gasteiger charge is -2.18. The molecule has 0 heterocycles. The molecule has 0 aliphatic rings. The maximum Gasteiger partial charge on any atom is 0.306 e. The van der Waals surface area contributed by atoms with Crippen LogP contribution in [-0.4, -0.2) is 37.2 Å². The van der Waals surface area contributed by atoms with Crippen LogP contribution >= 0.6 is 0 Å². The Morgan fingerprint density at radius 2 is 0.635 bits per heavy atom. The number of carbonyl (C=O) groups is 3. The molecular weight excluding hydrogens is 648 g/mol. The molecule has 0 saturated heterocycles. The van der Waals surface area contributed by atoms with Crippen molar-refractivity contribution in [3.63, 3.8) is 0 Å². The van der Waals surface area contributed by atoms with Gasteiger partial charge in [-0.1, -0.05) is 214 Å². The van der Waals surface area contributed by atoms with E-state index in [2.05, 4.69) is 27.7 Å². The van der Waals surface area contributed by atoms with E-state index in [1.807, 2.05) is 0 Å². The normalized spacial score (nSPS) is 11.9. The summed E-state index contributed by atoms with van der Waals surface area (Å²) in [7, 11) is 0. The first-order chi connectivity index (χ1) is 25.4. The molecule has 308 valence electrons. The largest absolute Gasteiger partial charge is 0.462 e. The van der Waals surface area contributed by atoms with Crippen molar-refractivity contribution < 1.29 is 28.6 Å². The summed E-state index contributed by atoms with van der Waals surface area (Å²) in [5.74, 6) is -0.0790. The van der Waals surface area contributed by atoms with E-state index in [1.165, 1.54) is 148 Å². The zero-order valence-corrected chi connectivity index (χ0v) is 35.3. The molecule has 0 saturated carbocycles. The van der Waals surface area contributed by atoms with E-state index < -0.39 is 6.10 Å². The molecule has 0 aliphatic carbocycles. The lowest BCUT2D eigenvalue weighted by Crippen LogP contribution is -2.30. The fourth-order valence-electron chi connectivity index (χ4n) is 6.80. The Morgan fingerprint density at radius 1 is 0.365 bits per heavy atom. The van der Waals surface area contributed by atoms with Gasteiger partial charge in [-0.15, -0.1) is 0 Å². The summed E-state index contributed by atoms with van der Waals surface area (Å²) in [5, 5.41) is 0. The molecule has 0 spiro atoms. The van der Waals surface area contributed by atoms with Crippen LogP contribution in [0.15, 0.2) is 0 Å². The van der Waals surface area contributed by atoms with Crippen molar-refractivity contribution in [2.75, 3.05) is 13.2 Å². The SMILES string of the molecule is CCCCCCCCCCCCCCCC(=O)OC[C@@H](COC(=O)CCCCCCCCCCCCC)OC(=O)CCCCCCCCCC(C)C. The summed E-state index contributed by atoms with van der Waals surface area (Å²) in [6.07, 6.45) is 39.5. The first-order valence-corrected chi connectivity index (χ1v) is 22.9. The predicted octanol–water partition coefficient (Wildman–Crippen LogP) is 14.3. The van der Waals surface area contributed by atoms with Crippen LogP contribution in [0.3, 0.4) is 0 Å². The van der Waals surface area contributed by atoms with Crippen LogP contribution in [0, 0.1) is 5.92 Å². The van der Waals surface area contributed by atoms with Gasteiger partial charge in [-0.3, -0.25) is 14.4 Å². The Morgan fingerprint density at radius 3 is 0.942 bits per heavy atom. The average molecular weight is 737 g/mol. The molecule has 0 bridgehead atoms. The third-order valence-corrected chi connectivity index (χ3v) is 10.3. The molecular formula is C46H88O6. The van der Waals surface area contributed by atoms with E-state index in [4.69, 9.17) is 14.2 Å². The molecule has 52 heavy (non-hydrogen) atoms. The second-order valence-corrected chi connectivity index (χ2v) is 16.2. The topological polar surface area (TPSA) is 78.9 Å². The van der Waals surface area contributed by atoms with Gasteiger partial charge in [0.2, 0.25) is 0 Å². The van der Waals surface area contributed by atoms with Crippen molar-refractivity contribution in [1.29, 1.82) is 0 Å². The molecule has 0 unspecified atom stereocenters. The summed E-state index contributed by atoms with van der Waals surface area (Å²) in [6, 6.07) is 0. The minimum absolute atomic E-state index is 0.0644. The molecule has 0 aliphatic heterocycles. The van der Waals surface area contributed by atoms with E-state index in [-0.39, 0.29) is 31.1 Å². The summed E-state index contributed by atoms with van der Waals surface area (Å²) in [5.41, 5.74) is 0. The first-order valence-electron chi connectivity index (χ1n) is 22.9. The van der Waals surface area contributed by atoms with Crippen LogP contribution in [0.2, 0.25) is 0 Å². The molecule has 0 rings (SSSR count). The Balaban J connectivity index is 4.31. The van der Waals surface area contributed by atoms with E-state index in [1.54, 1.807) is 0 Å². The fraction of sp³-hybridized carbons (Fsp3) is 0.935. The number of rotatable bonds is 41. The summed E-state index contributed by atoms with van der Waals surface area (Å²) < 4.78 is 16.7. The van der Waals surface area contributed by atoms with E-state index in [9.17, 15) is 14.4 Å².